The molecule has 10 heteroatoms. The number of carbonyl (C=O) groups is 1. The molecule has 0 saturated carbocycles. The molecule has 1 N–H and O–H groups in total. The summed E-state index contributed by atoms with van der Waals surface area (Å²) in [6.07, 6.45) is -4.72. The zero-order valence-electron chi connectivity index (χ0n) is 11.4. The van der Waals surface area contributed by atoms with Crippen LogP contribution in [-0.2, 0) is 16.0 Å². The molecule has 0 heterocycles. The minimum Gasteiger partial charge on any atom is -0.478 e. The van der Waals surface area contributed by atoms with Crippen molar-refractivity contribution in [1.29, 1.82) is 0 Å². The van der Waals surface area contributed by atoms with Crippen LogP contribution in [0.25, 0.3) is 0 Å². The molecule has 2 rings (SSSR count). The second-order valence-electron chi connectivity index (χ2n) is 4.66. The summed E-state index contributed by atoms with van der Waals surface area (Å²) >= 11 is 5.84. The number of aromatic carboxylic acids is 1. The summed E-state index contributed by atoms with van der Waals surface area (Å²) in [6.45, 7) is 0. The molecule has 2 aromatic rings. The quantitative estimate of drug-likeness (QED) is 0.677. The van der Waals surface area contributed by atoms with Gasteiger partial charge in [-0.1, -0.05) is 31.9 Å². The van der Waals surface area contributed by atoms with E-state index in [1.165, 1.54) is 6.07 Å². The Hall–Kier alpha value is -1.39. The van der Waals surface area contributed by atoms with Crippen molar-refractivity contribution in [2.24, 2.45) is 0 Å². The summed E-state index contributed by atoms with van der Waals surface area (Å²) in [5, 5.41) is 8.99. The first-order chi connectivity index (χ1) is 10.9. The summed E-state index contributed by atoms with van der Waals surface area (Å²) < 4.78 is 63.9. The minimum atomic E-state index is -4.72. The number of carboxylic acids is 1. The maximum absolute atomic E-state index is 12.9. The van der Waals surface area contributed by atoms with Crippen LogP contribution in [0.3, 0.4) is 0 Å². The van der Waals surface area contributed by atoms with E-state index in [1.807, 2.05) is 0 Å². The van der Waals surface area contributed by atoms with E-state index in [4.69, 9.17) is 5.11 Å². The van der Waals surface area contributed by atoms with Gasteiger partial charge in [-0.15, -0.1) is 0 Å². The van der Waals surface area contributed by atoms with Gasteiger partial charge in [0, 0.05) is 8.95 Å². The number of hydrogen-bond acceptors (Lipinski definition) is 3. The SMILES string of the molecule is O=C(O)c1cc(Br)cc(S(=O)(=O)c2cc(Br)cc(C(F)(F)F)c2)c1. The highest BCUT2D eigenvalue weighted by Gasteiger charge is 2.33. The van der Waals surface area contributed by atoms with Crippen molar-refractivity contribution in [3.8, 4) is 0 Å². The van der Waals surface area contributed by atoms with E-state index in [9.17, 15) is 26.4 Å². The van der Waals surface area contributed by atoms with E-state index < -0.39 is 37.3 Å². The Morgan fingerprint density at radius 2 is 1.42 bits per heavy atom. The standard InChI is InChI=1S/C14H7Br2F3O4S/c15-9-1-7(13(20)21)2-11(5-9)24(22,23)12-4-8(14(17,18)19)3-10(16)6-12/h1-6H,(H,20,21). The van der Waals surface area contributed by atoms with Gasteiger partial charge >= 0.3 is 12.1 Å². The average molecular weight is 488 g/mol. The van der Waals surface area contributed by atoms with Gasteiger partial charge < -0.3 is 5.11 Å². The molecular formula is C14H7Br2F3O4S. The Bertz CT molecular complexity index is 924. The number of rotatable bonds is 3. The third-order valence-corrected chi connectivity index (χ3v) is 5.57. The van der Waals surface area contributed by atoms with Gasteiger partial charge in [0.15, 0.2) is 0 Å². The fourth-order valence-electron chi connectivity index (χ4n) is 1.86. The Balaban J connectivity index is 2.68. The van der Waals surface area contributed by atoms with E-state index in [0.717, 1.165) is 24.3 Å². The number of carboxylic acid groups (broad SMARTS) is 1. The molecule has 0 aliphatic heterocycles. The third-order valence-electron chi connectivity index (χ3n) is 2.94. The number of hydrogen-bond donors (Lipinski definition) is 1. The van der Waals surface area contributed by atoms with Gasteiger partial charge in [-0.3, -0.25) is 0 Å². The first-order valence-corrected chi connectivity index (χ1v) is 9.15. The van der Waals surface area contributed by atoms with Crippen molar-refractivity contribution in [3.05, 3.63) is 56.5 Å². The van der Waals surface area contributed by atoms with Gasteiger partial charge in [0.05, 0.1) is 20.9 Å². The van der Waals surface area contributed by atoms with Gasteiger partial charge in [0.25, 0.3) is 0 Å². The van der Waals surface area contributed by atoms with Crippen LogP contribution in [0.15, 0.2) is 55.1 Å². The smallest absolute Gasteiger partial charge is 0.416 e. The maximum atomic E-state index is 12.9. The Labute approximate surface area is 151 Å². The van der Waals surface area contributed by atoms with E-state index in [-0.39, 0.29) is 14.5 Å². The van der Waals surface area contributed by atoms with Crippen LogP contribution in [0, 0.1) is 0 Å². The van der Waals surface area contributed by atoms with Crippen molar-refractivity contribution in [2.45, 2.75) is 16.0 Å². The second kappa shape index (κ2) is 6.49. The van der Waals surface area contributed by atoms with Crippen molar-refractivity contribution < 1.29 is 31.5 Å². The molecule has 0 atom stereocenters. The summed E-state index contributed by atoms with van der Waals surface area (Å²) in [4.78, 5) is 10.0. The molecule has 24 heavy (non-hydrogen) atoms. The number of alkyl halides is 3. The topological polar surface area (TPSA) is 71.4 Å². The van der Waals surface area contributed by atoms with Gasteiger partial charge in [-0.05, 0) is 36.4 Å². The highest BCUT2D eigenvalue weighted by molar-refractivity contribution is 9.10. The van der Waals surface area contributed by atoms with Crippen LogP contribution in [0.4, 0.5) is 13.2 Å². The van der Waals surface area contributed by atoms with Crippen LogP contribution in [-0.4, -0.2) is 19.5 Å². The molecule has 2 aromatic carbocycles. The predicted molar refractivity (Wildman–Crippen MR) is 85.7 cm³/mol. The lowest BCUT2D eigenvalue weighted by Gasteiger charge is -2.11. The van der Waals surface area contributed by atoms with Crippen LogP contribution in [0.1, 0.15) is 15.9 Å². The molecule has 0 fully saturated rings. The third kappa shape index (κ3) is 3.98. The first kappa shape index (κ1) is 18.9. The van der Waals surface area contributed by atoms with E-state index in [0.29, 0.717) is 6.07 Å². The van der Waals surface area contributed by atoms with E-state index >= 15 is 0 Å². The normalized spacial score (nSPS) is 12.2. The number of benzene rings is 2. The maximum Gasteiger partial charge on any atom is 0.416 e. The molecular weight excluding hydrogens is 481 g/mol. The number of halogens is 5. The monoisotopic (exact) mass is 486 g/mol. The highest BCUT2D eigenvalue weighted by Crippen LogP contribution is 2.35. The summed E-state index contributed by atoms with van der Waals surface area (Å²) in [5.74, 6) is -1.36. The molecule has 128 valence electrons. The molecule has 4 nitrogen and oxygen atoms in total. The minimum absolute atomic E-state index is 0.0654. The molecule has 0 aromatic heterocycles. The van der Waals surface area contributed by atoms with Crippen molar-refractivity contribution in [1.82, 2.24) is 0 Å². The van der Waals surface area contributed by atoms with E-state index in [1.54, 1.807) is 0 Å². The largest absolute Gasteiger partial charge is 0.478 e. The zero-order chi connectivity index (χ0) is 18.3. The lowest BCUT2D eigenvalue weighted by atomic mass is 10.2. The van der Waals surface area contributed by atoms with Crippen LogP contribution in [0.5, 0.6) is 0 Å². The van der Waals surface area contributed by atoms with Gasteiger partial charge in [0.1, 0.15) is 0 Å². The summed E-state index contributed by atoms with van der Waals surface area (Å²) in [7, 11) is -4.35. The molecule has 0 aliphatic rings. The molecule has 0 saturated heterocycles. The van der Waals surface area contributed by atoms with Crippen LogP contribution >= 0.6 is 31.9 Å². The molecule has 0 unspecified atom stereocenters. The molecule has 0 bridgehead atoms. The molecule has 0 spiro atoms. The fraction of sp³-hybridized carbons (Fsp3) is 0.0714. The lowest BCUT2D eigenvalue weighted by Crippen LogP contribution is -2.09. The van der Waals surface area contributed by atoms with Gasteiger partial charge in [0.2, 0.25) is 9.84 Å². The van der Waals surface area contributed by atoms with Crippen molar-refractivity contribution in [2.75, 3.05) is 0 Å². The Kier molecular flexibility index (Phi) is 5.12. The molecule has 0 radical (unpaired) electrons. The zero-order valence-corrected chi connectivity index (χ0v) is 15.4. The first-order valence-electron chi connectivity index (χ1n) is 6.08. The summed E-state index contributed by atoms with van der Waals surface area (Å²) in [6, 6.07) is 5.46. The lowest BCUT2D eigenvalue weighted by molar-refractivity contribution is -0.137. The van der Waals surface area contributed by atoms with Crippen molar-refractivity contribution >= 4 is 47.7 Å². The van der Waals surface area contributed by atoms with Crippen molar-refractivity contribution in [3.63, 3.8) is 0 Å². The predicted octanol–water partition coefficient (Wildman–Crippen LogP) is 4.76. The Morgan fingerprint density at radius 1 is 0.917 bits per heavy atom. The van der Waals surface area contributed by atoms with E-state index in [2.05, 4.69) is 31.9 Å². The summed E-state index contributed by atoms with van der Waals surface area (Å²) in [5.41, 5.74) is -1.45. The second-order valence-corrected chi connectivity index (χ2v) is 8.44. The van der Waals surface area contributed by atoms with Crippen LogP contribution in [0.2, 0.25) is 0 Å². The molecule has 0 aliphatic carbocycles. The average Bonchev–Trinajstić information content (AvgIpc) is 2.45. The van der Waals surface area contributed by atoms with Gasteiger partial charge in [-0.2, -0.15) is 13.2 Å². The van der Waals surface area contributed by atoms with Gasteiger partial charge in [-0.25, -0.2) is 13.2 Å². The Morgan fingerprint density at radius 3 is 1.92 bits per heavy atom. The highest BCUT2D eigenvalue weighted by atomic mass is 79.9. The fourth-order valence-corrected chi connectivity index (χ4v) is 4.55. The molecule has 0 amide bonds. The van der Waals surface area contributed by atoms with Crippen LogP contribution < -0.4 is 0 Å². The number of sulfone groups is 1.